The minimum absolute atomic E-state index is 0.285. The molecular weight excluding hydrogens is 461 g/mol. The summed E-state index contributed by atoms with van der Waals surface area (Å²) in [5.74, 6) is 0.218. The van der Waals surface area contributed by atoms with E-state index in [1.165, 1.54) is 30.0 Å². The molecule has 1 atom stereocenters. The van der Waals surface area contributed by atoms with Crippen LogP contribution in [0.2, 0.25) is 0 Å². The SMILES string of the molecule is CCOc1cc([C@@H](CS(C)(=O)=O)n2c(=O)[nH]c3cc(-c4cccc(F)c4)cnc32)ccc1OC. The summed E-state index contributed by atoms with van der Waals surface area (Å²) >= 11 is 0. The maximum atomic E-state index is 13.7. The lowest BCUT2D eigenvalue weighted by molar-refractivity contribution is 0.310. The lowest BCUT2D eigenvalue weighted by Crippen LogP contribution is -2.28. The number of methoxy groups -OCH3 is 1. The number of fused-ring (bicyclic) bond motifs is 1. The number of nitrogens with zero attached hydrogens (tertiary/aromatic N) is 2. The van der Waals surface area contributed by atoms with Crippen molar-refractivity contribution in [1.82, 2.24) is 14.5 Å². The van der Waals surface area contributed by atoms with Crippen LogP contribution in [0.3, 0.4) is 0 Å². The number of benzene rings is 2. The van der Waals surface area contributed by atoms with Crippen molar-refractivity contribution in [3.05, 3.63) is 76.6 Å². The van der Waals surface area contributed by atoms with Gasteiger partial charge < -0.3 is 14.5 Å². The summed E-state index contributed by atoms with van der Waals surface area (Å²) in [5.41, 5.74) is 1.95. The summed E-state index contributed by atoms with van der Waals surface area (Å²) in [6.07, 6.45) is 2.64. The van der Waals surface area contributed by atoms with Gasteiger partial charge in [-0.2, -0.15) is 0 Å². The number of aromatic nitrogens is 3. The van der Waals surface area contributed by atoms with Gasteiger partial charge in [0.2, 0.25) is 0 Å². The summed E-state index contributed by atoms with van der Waals surface area (Å²) in [6.45, 7) is 2.21. The van der Waals surface area contributed by atoms with Crippen LogP contribution in [0, 0.1) is 5.82 Å². The minimum Gasteiger partial charge on any atom is -0.493 e. The molecule has 0 bridgehead atoms. The molecular formula is C24H24FN3O5S. The molecule has 2 heterocycles. The third-order valence-electron chi connectivity index (χ3n) is 5.36. The van der Waals surface area contributed by atoms with Crippen molar-refractivity contribution in [3.63, 3.8) is 0 Å². The van der Waals surface area contributed by atoms with Crippen LogP contribution in [-0.2, 0) is 9.84 Å². The van der Waals surface area contributed by atoms with E-state index < -0.39 is 21.6 Å². The van der Waals surface area contributed by atoms with E-state index in [1.54, 1.807) is 36.4 Å². The molecule has 8 nitrogen and oxygen atoms in total. The fraction of sp³-hybridized carbons (Fsp3) is 0.250. The summed E-state index contributed by atoms with van der Waals surface area (Å²) in [4.78, 5) is 20.2. The standard InChI is InChI=1S/C24H24FN3O5S/c1-4-33-22-12-16(8-9-21(22)32-2)20(14-34(3,30)31)28-23-19(27-24(28)29)11-17(13-26-23)15-6-5-7-18(25)10-15/h5-13,20H,4,14H2,1-3H3,(H,27,29)/t20-/m1/s1. The third-order valence-corrected chi connectivity index (χ3v) is 6.28. The Hall–Kier alpha value is -3.66. The predicted octanol–water partition coefficient (Wildman–Crippen LogP) is 3.57. The van der Waals surface area contributed by atoms with Gasteiger partial charge >= 0.3 is 5.69 Å². The minimum atomic E-state index is -3.49. The van der Waals surface area contributed by atoms with E-state index in [-0.39, 0.29) is 17.2 Å². The molecule has 0 aliphatic rings. The number of hydrogen-bond acceptors (Lipinski definition) is 6. The van der Waals surface area contributed by atoms with Gasteiger partial charge in [0.25, 0.3) is 0 Å². The van der Waals surface area contributed by atoms with Gasteiger partial charge in [-0.15, -0.1) is 0 Å². The van der Waals surface area contributed by atoms with Crippen LogP contribution in [0.1, 0.15) is 18.5 Å². The average Bonchev–Trinajstić information content (AvgIpc) is 3.12. The summed E-state index contributed by atoms with van der Waals surface area (Å²) in [5, 5.41) is 0. The van der Waals surface area contributed by atoms with Gasteiger partial charge in [0, 0.05) is 18.0 Å². The number of imidazole rings is 1. The molecule has 1 N–H and O–H groups in total. The second-order valence-electron chi connectivity index (χ2n) is 7.86. The first kappa shape index (κ1) is 23.5. The molecule has 178 valence electrons. The Kier molecular flexibility index (Phi) is 6.43. The van der Waals surface area contributed by atoms with E-state index in [9.17, 15) is 17.6 Å². The molecule has 0 unspecified atom stereocenters. The third kappa shape index (κ3) is 4.81. The van der Waals surface area contributed by atoms with E-state index in [4.69, 9.17) is 9.47 Å². The van der Waals surface area contributed by atoms with Gasteiger partial charge in [-0.05, 0) is 48.4 Å². The molecule has 4 rings (SSSR count). The van der Waals surface area contributed by atoms with Crippen LogP contribution in [0.4, 0.5) is 4.39 Å². The fourth-order valence-corrected chi connectivity index (χ4v) is 4.82. The maximum absolute atomic E-state index is 13.7. The second kappa shape index (κ2) is 9.30. The highest BCUT2D eigenvalue weighted by Crippen LogP contribution is 2.33. The maximum Gasteiger partial charge on any atom is 0.328 e. The number of H-pyrrole nitrogens is 1. The van der Waals surface area contributed by atoms with Crippen molar-refractivity contribution in [3.8, 4) is 22.6 Å². The van der Waals surface area contributed by atoms with Gasteiger partial charge in [0.1, 0.15) is 15.7 Å². The molecule has 0 saturated carbocycles. The first-order chi connectivity index (χ1) is 16.2. The van der Waals surface area contributed by atoms with E-state index in [2.05, 4.69) is 9.97 Å². The van der Waals surface area contributed by atoms with Gasteiger partial charge in [0.15, 0.2) is 17.1 Å². The number of aromatic amines is 1. The van der Waals surface area contributed by atoms with Crippen LogP contribution < -0.4 is 15.2 Å². The van der Waals surface area contributed by atoms with E-state index in [0.29, 0.717) is 40.3 Å². The second-order valence-corrected chi connectivity index (χ2v) is 10.0. The molecule has 2 aromatic heterocycles. The monoisotopic (exact) mass is 485 g/mol. The topological polar surface area (TPSA) is 103 Å². The molecule has 0 spiro atoms. The lowest BCUT2D eigenvalue weighted by Gasteiger charge is -2.20. The smallest absolute Gasteiger partial charge is 0.328 e. The molecule has 10 heteroatoms. The Labute approximate surface area is 195 Å². The first-order valence-electron chi connectivity index (χ1n) is 10.5. The number of nitrogens with one attached hydrogen (secondary N) is 1. The zero-order valence-electron chi connectivity index (χ0n) is 18.9. The normalized spacial score (nSPS) is 12.6. The van der Waals surface area contributed by atoms with Crippen molar-refractivity contribution in [2.75, 3.05) is 25.7 Å². The zero-order valence-corrected chi connectivity index (χ0v) is 19.7. The van der Waals surface area contributed by atoms with Crippen LogP contribution in [-0.4, -0.2) is 48.7 Å². The molecule has 34 heavy (non-hydrogen) atoms. The highest BCUT2D eigenvalue weighted by Gasteiger charge is 2.25. The van der Waals surface area contributed by atoms with Crippen LogP contribution >= 0.6 is 0 Å². The largest absolute Gasteiger partial charge is 0.493 e. The number of pyridine rings is 1. The Bertz CT molecular complexity index is 1510. The Morgan fingerprint density at radius 3 is 2.59 bits per heavy atom. The van der Waals surface area contributed by atoms with Crippen molar-refractivity contribution in [2.45, 2.75) is 13.0 Å². The summed E-state index contributed by atoms with van der Waals surface area (Å²) in [7, 11) is -1.99. The molecule has 0 saturated heterocycles. The first-order valence-corrected chi connectivity index (χ1v) is 12.6. The van der Waals surface area contributed by atoms with Gasteiger partial charge in [-0.25, -0.2) is 22.6 Å². The summed E-state index contributed by atoms with van der Waals surface area (Å²) < 4.78 is 50.6. The number of hydrogen-bond donors (Lipinski definition) is 1. The van der Waals surface area contributed by atoms with Crippen LogP contribution in [0.5, 0.6) is 11.5 Å². The van der Waals surface area contributed by atoms with Crippen molar-refractivity contribution in [2.24, 2.45) is 0 Å². The molecule has 0 amide bonds. The van der Waals surface area contributed by atoms with Crippen molar-refractivity contribution < 1.29 is 22.3 Å². The van der Waals surface area contributed by atoms with E-state index >= 15 is 0 Å². The quantitative estimate of drug-likeness (QED) is 0.409. The number of rotatable bonds is 8. The number of halogens is 1. The van der Waals surface area contributed by atoms with Crippen molar-refractivity contribution >= 4 is 21.0 Å². The molecule has 0 fully saturated rings. The molecule has 2 aromatic carbocycles. The summed E-state index contributed by atoms with van der Waals surface area (Å²) in [6, 6.07) is 11.9. The Balaban J connectivity index is 1.88. The van der Waals surface area contributed by atoms with Gasteiger partial charge in [0.05, 0.1) is 31.0 Å². The average molecular weight is 486 g/mol. The fourth-order valence-electron chi connectivity index (χ4n) is 3.90. The predicted molar refractivity (Wildman–Crippen MR) is 128 cm³/mol. The van der Waals surface area contributed by atoms with Crippen LogP contribution in [0.25, 0.3) is 22.3 Å². The Morgan fingerprint density at radius 1 is 1.12 bits per heavy atom. The zero-order chi connectivity index (χ0) is 24.5. The highest BCUT2D eigenvalue weighted by atomic mass is 32.2. The van der Waals surface area contributed by atoms with E-state index in [0.717, 1.165) is 6.26 Å². The van der Waals surface area contributed by atoms with Gasteiger partial charge in [-0.3, -0.25) is 4.57 Å². The lowest BCUT2D eigenvalue weighted by atomic mass is 10.1. The molecule has 4 aromatic rings. The highest BCUT2D eigenvalue weighted by molar-refractivity contribution is 7.90. The Morgan fingerprint density at radius 2 is 1.91 bits per heavy atom. The van der Waals surface area contributed by atoms with Crippen LogP contribution in [0.15, 0.2) is 59.5 Å². The molecule has 0 aliphatic carbocycles. The molecule has 0 radical (unpaired) electrons. The molecule has 0 aliphatic heterocycles. The number of sulfone groups is 1. The van der Waals surface area contributed by atoms with Gasteiger partial charge in [-0.1, -0.05) is 18.2 Å². The van der Waals surface area contributed by atoms with Crippen molar-refractivity contribution in [1.29, 1.82) is 0 Å². The number of ether oxygens (including phenoxy) is 2. The van der Waals surface area contributed by atoms with E-state index in [1.807, 2.05) is 6.92 Å².